The maximum absolute atomic E-state index is 5.38. The van der Waals surface area contributed by atoms with Gasteiger partial charge in [-0.1, -0.05) is 0 Å². The third-order valence-electron chi connectivity index (χ3n) is 1.55. The third kappa shape index (κ3) is 2.95. The zero-order valence-electron chi connectivity index (χ0n) is 8.03. The van der Waals surface area contributed by atoms with Gasteiger partial charge in [-0.25, -0.2) is 10.8 Å². The van der Waals surface area contributed by atoms with Gasteiger partial charge in [0, 0.05) is 0 Å². The molecule has 5 N–H and O–H groups in total. The maximum Gasteiger partial charge on any atom is 0.208 e. The topological polar surface area (TPSA) is 85.7 Å². The van der Waals surface area contributed by atoms with Gasteiger partial charge in [-0.2, -0.15) is 0 Å². The highest BCUT2D eigenvalue weighted by molar-refractivity contribution is 5.80. The highest BCUT2D eigenvalue weighted by Gasteiger charge is 1.93. The largest absolute Gasteiger partial charge is 0.494 e. The molecule has 0 bridgehead atoms. The van der Waals surface area contributed by atoms with Crippen LogP contribution < -0.4 is 21.7 Å². The Labute approximate surface area is 82.7 Å². The fraction of sp³-hybridized carbons (Fsp3) is 0.222. The van der Waals surface area contributed by atoms with Crippen LogP contribution in [0, 0.1) is 0 Å². The second-order valence-corrected chi connectivity index (χ2v) is 2.57. The van der Waals surface area contributed by atoms with Crippen molar-refractivity contribution in [3.8, 4) is 5.75 Å². The molecular weight excluding hydrogens is 180 g/mol. The van der Waals surface area contributed by atoms with E-state index in [1.165, 1.54) is 0 Å². The van der Waals surface area contributed by atoms with Gasteiger partial charge in [0.15, 0.2) is 0 Å². The summed E-state index contributed by atoms with van der Waals surface area (Å²) in [7, 11) is 0. The lowest BCUT2D eigenvalue weighted by Gasteiger charge is -2.02. The van der Waals surface area contributed by atoms with Gasteiger partial charge in [-0.3, -0.25) is 5.43 Å². The number of guanidine groups is 1. The number of nitrogens with zero attached hydrogens (tertiary/aromatic N) is 1. The van der Waals surface area contributed by atoms with E-state index in [-0.39, 0.29) is 5.96 Å². The summed E-state index contributed by atoms with van der Waals surface area (Å²) in [6, 6.07) is 7.25. The van der Waals surface area contributed by atoms with Crippen LogP contribution >= 0.6 is 0 Å². The van der Waals surface area contributed by atoms with Gasteiger partial charge in [0.1, 0.15) is 5.75 Å². The van der Waals surface area contributed by atoms with E-state index in [2.05, 4.69) is 10.4 Å². The highest BCUT2D eigenvalue weighted by Crippen LogP contribution is 2.17. The van der Waals surface area contributed by atoms with E-state index in [4.69, 9.17) is 16.3 Å². The number of nitrogens with one attached hydrogen (secondary N) is 1. The molecule has 5 nitrogen and oxygen atoms in total. The molecule has 0 aliphatic carbocycles. The fourth-order valence-corrected chi connectivity index (χ4v) is 0.955. The van der Waals surface area contributed by atoms with Gasteiger partial charge in [0.05, 0.1) is 12.3 Å². The average molecular weight is 194 g/mol. The molecule has 0 radical (unpaired) electrons. The molecule has 0 saturated carbocycles. The normalized spacial score (nSPS) is 11.1. The van der Waals surface area contributed by atoms with Crippen LogP contribution in [0.25, 0.3) is 0 Å². The zero-order valence-corrected chi connectivity index (χ0v) is 8.03. The van der Waals surface area contributed by atoms with Crippen LogP contribution in [0.15, 0.2) is 29.3 Å². The molecule has 0 aliphatic heterocycles. The van der Waals surface area contributed by atoms with Crippen molar-refractivity contribution in [2.45, 2.75) is 6.92 Å². The smallest absolute Gasteiger partial charge is 0.208 e. The molecular formula is C9H14N4O. The minimum absolute atomic E-state index is 0.175. The Morgan fingerprint density at radius 2 is 2.07 bits per heavy atom. The Kier molecular flexibility index (Phi) is 3.75. The van der Waals surface area contributed by atoms with Crippen LogP contribution in [0.5, 0.6) is 5.75 Å². The first-order valence-electron chi connectivity index (χ1n) is 4.30. The molecule has 0 saturated heterocycles. The Morgan fingerprint density at radius 3 is 2.57 bits per heavy atom. The minimum atomic E-state index is 0.175. The van der Waals surface area contributed by atoms with Crippen molar-refractivity contribution in [1.82, 2.24) is 5.43 Å². The second-order valence-electron chi connectivity index (χ2n) is 2.57. The van der Waals surface area contributed by atoms with Crippen LogP contribution in [-0.2, 0) is 0 Å². The summed E-state index contributed by atoms with van der Waals surface area (Å²) in [5.74, 6) is 6.05. The molecule has 0 fully saturated rings. The van der Waals surface area contributed by atoms with Crippen molar-refractivity contribution in [3.05, 3.63) is 24.3 Å². The summed E-state index contributed by atoms with van der Waals surface area (Å²) < 4.78 is 5.27. The zero-order chi connectivity index (χ0) is 10.4. The SMILES string of the molecule is CCOc1ccc(N=C(N)NN)cc1. The van der Waals surface area contributed by atoms with E-state index < -0.39 is 0 Å². The molecule has 0 spiro atoms. The molecule has 0 aliphatic rings. The van der Waals surface area contributed by atoms with E-state index in [1.807, 2.05) is 19.1 Å². The predicted octanol–water partition coefficient (Wildman–Crippen LogP) is 0.495. The summed E-state index contributed by atoms with van der Waals surface area (Å²) in [4.78, 5) is 3.98. The molecule has 0 unspecified atom stereocenters. The second kappa shape index (κ2) is 5.08. The van der Waals surface area contributed by atoms with Crippen LogP contribution in [0.3, 0.4) is 0 Å². The van der Waals surface area contributed by atoms with Gasteiger partial charge in [-0.05, 0) is 31.2 Å². The molecule has 5 heteroatoms. The van der Waals surface area contributed by atoms with Gasteiger partial charge >= 0.3 is 0 Å². The number of hydrogen-bond acceptors (Lipinski definition) is 3. The molecule has 0 atom stereocenters. The number of hydrazine groups is 1. The van der Waals surface area contributed by atoms with Crippen LogP contribution in [0.4, 0.5) is 5.69 Å². The molecule has 0 aromatic heterocycles. The van der Waals surface area contributed by atoms with Gasteiger partial charge < -0.3 is 10.5 Å². The van der Waals surface area contributed by atoms with E-state index in [9.17, 15) is 0 Å². The maximum atomic E-state index is 5.38. The number of ether oxygens (including phenoxy) is 1. The lowest BCUT2D eigenvalue weighted by Crippen LogP contribution is -2.36. The van der Waals surface area contributed by atoms with Gasteiger partial charge in [-0.15, -0.1) is 0 Å². The summed E-state index contributed by atoms with van der Waals surface area (Å²) in [5, 5.41) is 0. The first-order valence-corrected chi connectivity index (χ1v) is 4.30. The Balaban J connectivity index is 2.73. The van der Waals surface area contributed by atoms with E-state index in [0.717, 1.165) is 11.4 Å². The highest BCUT2D eigenvalue weighted by atomic mass is 16.5. The molecule has 76 valence electrons. The van der Waals surface area contributed by atoms with E-state index in [1.54, 1.807) is 12.1 Å². The number of hydrogen-bond donors (Lipinski definition) is 3. The Hall–Kier alpha value is -1.75. The number of benzene rings is 1. The number of nitrogens with two attached hydrogens (primary N) is 2. The van der Waals surface area contributed by atoms with Crippen LogP contribution in [-0.4, -0.2) is 12.6 Å². The Morgan fingerprint density at radius 1 is 1.43 bits per heavy atom. The first-order chi connectivity index (χ1) is 6.76. The molecule has 14 heavy (non-hydrogen) atoms. The molecule has 1 rings (SSSR count). The quantitative estimate of drug-likeness (QED) is 0.283. The van der Waals surface area contributed by atoms with E-state index >= 15 is 0 Å². The molecule has 1 aromatic rings. The van der Waals surface area contributed by atoms with Crippen molar-refractivity contribution in [3.63, 3.8) is 0 Å². The van der Waals surface area contributed by atoms with Crippen molar-refractivity contribution in [1.29, 1.82) is 0 Å². The minimum Gasteiger partial charge on any atom is -0.494 e. The van der Waals surface area contributed by atoms with E-state index in [0.29, 0.717) is 6.61 Å². The standard InChI is InChI=1S/C9H14N4O/c1-2-14-8-5-3-7(4-6-8)12-9(10)13-11/h3-6H,2,11H2,1H3,(H3,10,12,13). The van der Waals surface area contributed by atoms with Gasteiger partial charge in [0.25, 0.3) is 0 Å². The van der Waals surface area contributed by atoms with Crippen molar-refractivity contribution in [2.75, 3.05) is 6.61 Å². The monoisotopic (exact) mass is 194 g/mol. The van der Waals surface area contributed by atoms with Gasteiger partial charge in [0.2, 0.25) is 5.96 Å². The Bertz CT molecular complexity index is 307. The van der Waals surface area contributed by atoms with Crippen molar-refractivity contribution < 1.29 is 4.74 Å². The third-order valence-corrected chi connectivity index (χ3v) is 1.55. The summed E-state index contributed by atoms with van der Waals surface area (Å²) in [6.45, 7) is 2.58. The van der Waals surface area contributed by atoms with Crippen molar-refractivity contribution >= 4 is 11.6 Å². The first kappa shape index (κ1) is 10.3. The lowest BCUT2D eigenvalue weighted by molar-refractivity contribution is 0.340. The number of rotatable bonds is 3. The summed E-state index contributed by atoms with van der Waals surface area (Å²) in [5.41, 5.74) is 8.36. The molecule has 1 aromatic carbocycles. The van der Waals surface area contributed by atoms with Crippen LogP contribution in [0.2, 0.25) is 0 Å². The molecule has 0 amide bonds. The molecule has 0 heterocycles. The fourth-order valence-electron chi connectivity index (χ4n) is 0.955. The summed E-state index contributed by atoms with van der Waals surface area (Å²) >= 11 is 0. The predicted molar refractivity (Wildman–Crippen MR) is 56.2 cm³/mol. The number of aliphatic imine (C=N–C) groups is 1. The average Bonchev–Trinajstić information content (AvgIpc) is 2.21. The van der Waals surface area contributed by atoms with Crippen LogP contribution in [0.1, 0.15) is 6.92 Å². The van der Waals surface area contributed by atoms with Crippen molar-refractivity contribution in [2.24, 2.45) is 16.6 Å². The summed E-state index contributed by atoms with van der Waals surface area (Å²) in [6.07, 6.45) is 0. The lowest BCUT2D eigenvalue weighted by atomic mass is 10.3.